The molecule has 21 heavy (non-hydrogen) atoms. The molecule has 1 aromatic carbocycles. The summed E-state index contributed by atoms with van der Waals surface area (Å²) < 4.78 is 16.4. The molecule has 0 amide bonds. The molecule has 1 saturated heterocycles. The Morgan fingerprint density at radius 1 is 1.00 bits per heavy atom. The molecule has 0 bridgehead atoms. The molecule has 1 aromatic rings. The largest absolute Gasteiger partial charge is 0.496 e. The van der Waals surface area contributed by atoms with E-state index in [0.29, 0.717) is 6.54 Å². The molecule has 1 fully saturated rings. The second-order valence-electron chi connectivity index (χ2n) is 5.29. The Morgan fingerprint density at radius 3 is 2.00 bits per heavy atom. The number of rotatable bonds is 6. The monoisotopic (exact) mass is 294 g/mol. The number of benzene rings is 1. The van der Waals surface area contributed by atoms with Crippen molar-refractivity contribution in [3.8, 4) is 17.2 Å². The summed E-state index contributed by atoms with van der Waals surface area (Å²) in [4.78, 5) is 2.43. The zero-order valence-electron chi connectivity index (χ0n) is 13.2. The molecule has 1 heterocycles. The van der Waals surface area contributed by atoms with Gasteiger partial charge in [-0.05, 0) is 25.9 Å². The first-order chi connectivity index (χ1) is 10.2. The normalized spacial score (nSPS) is 17.3. The maximum Gasteiger partial charge on any atom is 0.131 e. The van der Waals surface area contributed by atoms with E-state index in [0.717, 1.165) is 35.9 Å². The van der Waals surface area contributed by atoms with Crippen molar-refractivity contribution in [2.75, 3.05) is 41.0 Å². The Bertz CT molecular complexity index is 434. The highest BCUT2D eigenvalue weighted by molar-refractivity contribution is 5.52. The van der Waals surface area contributed by atoms with E-state index in [1.54, 1.807) is 21.3 Å². The van der Waals surface area contributed by atoms with Crippen LogP contribution in [0.4, 0.5) is 0 Å². The Hall–Kier alpha value is -1.46. The van der Waals surface area contributed by atoms with Crippen LogP contribution in [-0.2, 0) is 0 Å². The number of nitrogens with two attached hydrogens (primary N) is 1. The maximum absolute atomic E-state index is 6.07. The third-order valence-electron chi connectivity index (χ3n) is 4.14. The lowest BCUT2D eigenvalue weighted by atomic mass is 9.99. The van der Waals surface area contributed by atoms with Gasteiger partial charge in [0, 0.05) is 18.7 Å². The lowest BCUT2D eigenvalue weighted by Gasteiger charge is -2.35. The van der Waals surface area contributed by atoms with Gasteiger partial charge in [-0.3, -0.25) is 4.90 Å². The van der Waals surface area contributed by atoms with E-state index in [1.807, 2.05) is 12.1 Å². The third-order valence-corrected chi connectivity index (χ3v) is 4.14. The number of ether oxygens (including phenoxy) is 3. The molecule has 0 spiro atoms. The first-order valence-electron chi connectivity index (χ1n) is 7.49. The number of nitrogens with zero attached hydrogens (tertiary/aromatic N) is 1. The zero-order valence-corrected chi connectivity index (χ0v) is 13.2. The van der Waals surface area contributed by atoms with Gasteiger partial charge in [0.25, 0.3) is 0 Å². The standard InChI is InChI=1S/C16H26N2O3/c1-19-12-9-14(20-2)16(15(10-12)21-3)13(11-17)18-7-5-4-6-8-18/h9-10,13H,4-8,11,17H2,1-3H3/t13-/m0/s1. The molecule has 5 nitrogen and oxygen atoms in total. The topological polar surface area (TPSA) is 57.0 Å². The molecule has 0 aromatic heterocycles. The van der Waals surface area contributed by atoms with Crippen LogP contribution < -0.4 is 19.9 Å². The maximum atomic E-state index is 6.07. The van der Waals surface area contributed by atoms with E-state index in [9.17, 15) is 0 Å². The molecule has 0 unspecified atom stereocenters. The van der Waals surface area contributed by atoms with Crippen LogP contribution in [0.5, 0.6) is 17.2 Å². The fourth-order valence-corrected chi connectivity index (χ4v) is 3.04. The summed E-state index contributed by atoms with van der Waals surface area (Å²) in [6.07, 6.45) is 3.74. The first-order valence-corrected chi connectivity index (χ1v) is 7.49. The number of methoxy groups -OCH3 is 3. The Kier molecular flexibility index (Phi) is 5.70. The molecule has 5 heteroatoms. The van der Waals surface area contributed by atoms with Gasteiger partial charge in [0.1, 0.15) is 17.2 Å². The molecule has 1 aliphatic heterocycles. The smallest absolute Gasteiger partial charge is 0.131 e. The van der Waals surface area contributed by atoms with E-state index in [2.05, 4.69) is 4.90 Å². The number of hydrogen-bond acceptors (Lipinski definition) is 5. The van der Waals surface area contributed by atoms with Crippen molar-refractivity contribution in [3.05, 3.63) is 17.7 Å². The highest BCUT2D eigenvalue weighted by atomic mass is 16.5. The quantitative estimate of drug-likeness (QED) is 0.871. The van der Waals surface area contributed by atoms with Crippen LogP contribution in [0, 0.1) is 0 Å². The fourth-order valence-electron chi connectivity index (χ4n) is 3.04. The average Bonchev–Trinajstić information content (AvgIpc) is 2.56. The number of piperidine rings is 1. The van der Waals surface area contributed by atoms with E-state index in [1.165, 1.54) is 19.3 Å². The summed E-state index contributed by atoms with van der Waals surface area (Å²) in [5.41, 5.74) is 7.09. The Morgan fingerprint density at radius 2 is 1.57 bits per heavy atom. The summed E-state index contributed by atoms with van der Waals surface area (Å²) >= 11 is 0. The van der Waals surface area contributed by atoms with Crippen molar-refractivity contribution in [1.82, 2.24) is 4.90 Å². The van der Waals surface area contributed by atoms with E-state index >= 15 is 0 Å². The molecule has 2 N–H and O–H groups in total. The van der Waals surface area contributed by atoms with Gasteiger partial charge in [-0.25, -0.2) is 0 Å². The minimum absolute atomic E-state index is 0.112. The second kappa shape index (κ2) is 7.52. The van der Waals surface area contributed by atoms with Gasteiger partial charge >= 0.3 is 0 Å². The fraction of sp³-hybridized carbons (Fsp3) is 0.625. The van der Waals surface area contributed by atoms with Crippen molar-refractivity contribution in [2.24, 2.45) is 5.73 Å². The van der Waals surface area contributed by atoms with Gasteiger partial charge in [0.15, 0.2) is 0 Å². The molecule has 1 aliphatic rings. The van der Waals surface area contributed by atoms with Crippen LogP contribution in [0.1, 0.15) is 30.9 Å². The van der Waals surface area contributed by atoms with E-state index in [4.69, 9.17) is 19.9 Å². The molecule has 118 valence electrons. The highest BCUT2D eigenvalue weighted by Gasteiger charge is 2.27. The van der Waals surface area contributed by atoms with Gasteiger partial charge in [-0.2, -0.15) is 0 Å². The van der Waals surface area contributed by atoms with Crippen LogP contribution in [0.25, 0.3) is 0 Å². The lowest BCUT2D eigenvalue weighted by Crippen LogP contribution is -2.37. The molecule has 0 aliphatic carbocycles. The summed E-state index contributed by atoms with van der Waals surface area (Å²) in [5, 5.41) is 0. The van der Waals surface area contributed by atoms with Crippen molar-refractivity contribution in [1.29, 1.82) is 0 Å². The van der Waals surface area contributed by atoms with Crippen LogP contribution in [0.2, 0.25) is 0 Å². The second-order valence-corrected chi connectivity index (χ2v) is 5.29. The van der Waals surface area contributed by atoms with Crippen molar-refractivity contribution in [3.63, 3.8) is 0 Å². The molecule has 2 rings (SSSR count). The number of hydrogen-bond donors (Lipinski definition) is 1. The lowest BCUT2D eigenvalue weighted by molar-refractivity contribution is 0.162. The Labute approximate surface area is 127 Å². The van der Waals surface area contributed by atoms with Crippen LogP contribution in [-0.4, -0.2) is 45.9 Å². The molecular weight excluding hydrogens is 268 g/mol. The van der Waals surface area contributed by atoms with Crippen LogP contribution >= 0.6 is 0 Å². The SMILES string of the molecule is COc1cc(OC)c([C@H](CN)N2CCCCC2)c(OC)c1. The third kappa shape index (κ3) is 3.41. The van der Waals surface area contributed by atoms with Gasteiger partial charge < -0.3 is 19.9 Å². The average molecular weight is 294 g/mol. The minimum Gasteiger partial charge on any atom is -0.496 e. The zero-order chi connectivity index (χ0) is 15.2. The first kappa shape index (κ1) is 15.9. The molecule has 1 atom stereocenters. The van der Waals surface area contributed by atoms with Gasteiger partial charge in [0.2, 0.25) is 0 Å². The summed E-state index contributed by atoms with van der Waals surface area (Å²) in [5.74, 6) is 2.27. The molecule has 0 radical (unpaired) electrons. The van der Waals surface area contributed by atoms with Crippen LogP contribution in [0.15, 0.2) is 12.1 Å². The molecule has 0 saturated carbocycles. The van der Waals surface area contributed by atoms with Gasteiger partial charge in [-0.1, -0.05) is 6.42 Å². The van der Waals surface area contributed by atoms with Crippen molar-refractivity contribution in [2.45, 2.75) is 25.3 Å². The molecular formula is C16H26N2O3. The minimum atomic E-state index is 0.112. The number of likely N-dealkylation sites (tertiary alicyclic amines) is 1. The van der Waals surface area contributed by atoms with Crippen molar-refractivity contribution >= 4 is 0 Å². The summed E-state index contributed by atoms with van der Waals surface area (Å²) in [7, 11) is 4.97. The van der Waals surface area contributed by atoms with E-state index < -0.39 is 0 Å². The van der Waals surface area contributed by atoms with Gasteiger partial charge in [-0.15, -0.1) is 0 Å². The van der Waals surface area contributed by atoms with E-state index in [-0.39, 0.29) is 6.04 Å². The highest BCUT2D eigenvalue weighted by Crippen LogP contribution is 2.40. The van der Waals surface area contributed by atoms with Crippen molar-refractivity contribution < 1.29 is 14.2 Å². The summed E-state index contributed by atoms with van der Waals surface area (Å²) in [6, 6.07) is 3.90. The summed E-state index contributed by atoms with van der Waals surface area (Å²) in [6.45, 7) is 2.68. The Balaban J connectivity index is 2.42. The van der Waals surface area contributed by atoms with Crippen LogP contribution in [0.3, 0.4) is 0 Å². The van der Waals surface area contributed by atoms with Gasteiger partial charge in [0.05, 0.1) is 32.9 Å². The predicted octanol–water partition coefficient (Wildman–Crippen LogP) is 2.20. The predicted molar refractivity (Wildman–Crippen MR) is 83.3 cm³/mol.